The van der Waals surface area contributed by atoms with Crippen LogP contribution in [-0.4, -0.2) is 28.9 Å². The number of amides is 2. The van der Waals surface area contributed by atoms with Crippen LogP contribution in [0.2, 0.25) is 0 Å². The van der Waals surface area contributed by atoms with Crippen molar-refractivity contribution in [2.45, 2.75) is 57.4 Å². The molecule has 3 N–H and O–H groups in total. The Labute approximate surface area is 141 Å². The van der Waals surface area contributed by atoms with E-state index in [0.29, 0.717) is 17.7 Å². The molecule has 0 aliphatic heterocycles. The topological polar surface area (TPSA) is 95.5 Å². The summed E-state index contributed by atoms with van der Waals surface area (Å²) in [6, 6.07) is 7.04. The van der Waals surface area contributed by atoms with Gasteiger partial charge in [-0.15, -0.1) is 0 Å². The molecule has 0 unspecified atom stereocenters. The van der Waals surface area contributed by atoms with E-state index in [1.54, 1.807) is 24.3 Å². The third-order valence-electron chi connectivity index (χ3n) is 4.14. The smallest absolute Gasteiger partial charge is 0.303 e. The fourth-order valence-electron chi connectivity index (χ4n) is 2.88. The van der Waals surface area contributed by atoms with E-state index in [1.165, 1.54) is 6.42 Å². The summed E-state index contributed by atoms with van der Waals surface area (Å²) in [5.41, 5.74) is 1.07. The second-order valence-corrected chi connectivity index (χ2v) is 6.18. The van der Waals surface area contributed by atoms with E-state index in [0.717, 1.165) is 25.7 Å². The molecule has 1 aliphatic carbocycles. The van der Waals surface area contributed by atoms with Crippen LogP contribution in [0.4, 0.5) is 5.69 Å². The summed E-state index contributed by atoms with van der Waals surface area (Å²) in [4.78, 5) is 34.5. The first-order chi connectivity index (χ1) is 11.5. The van der Waals surface area contributed by atoms with Crippen molar-refractivity contribution in [2.24, 2.45) is 0 Å². The lowest BCUT2D eigenvalue weighted by molar-refractivity contribution is -0.137. The molecule has 0 heterocycles. The van der Waals surface area contributed by atoms with Crippen LogP contribution in [0.1, 0.15) is 61.7 Å². The van der Waals surface area contributed by atoms with Crippen molar-refractivity contribution in [3.63, 3.8) is 0 Å². The van der Waals surface area contributed by atoms with E-state index in [1.807, 2.05) is 0 Å². The van der Waals surface area contributed by atoms with Crippen LogP contribution in [0.5, 0.6) is 0 Å². The first-order valence-electron chi connectivity index (χ1n) is 8.47. The van der Waals surface area contributed by atoms with Crippen LogP contribution in [0.25, 0.3) is 0 Å². The Balaban J connectivity index is 1.86. The highest BCUT2D eigenvalue weighted by Crippen LogP contribution is 2.18. The number of hydrogen-bond donors (Lipinski definition) is 3. The lowest BCUT2D eigenvalue weighted by Gasteiger charge is -2.22. The van der Waals surface area contributed by atoms with Gasteiger partial charge in [-0.2, -0.15) is 0 Å². The van der Waals surface area contributed by atoms with E-state index in [9.17, 15) is 14.4 Å². The van der Waals surface area contributed by atoms with Gasteiger partial charge in [-0.25, -0.2) is 0 Å². The van der Waals surface area contributed by atoms with Gasteiger partial charge in [0.15, 0.2) is 0 Å². The Morgan fingerprint density at radius 2 is 1.83 bits per heavy atom. The predicted octanol–water partition coefficient (Wildman–Crippen LogP) is 2.94. The fraction of sp³-hybridized carbons (Fsp3) is 0.500. The molecule has 1 aliphatic rings. The van der Waals surface area contributed by atoms with Gasteiger partial charge in [0.25, 0.3) is 5.91 Å². The average molecular weight is 332 g/mol. The molecule has 130 valence electrons. The maximum absolute atomic E-state index is 12.3. The summed E-state index contributed by atoms with van der Waals surface area (Å²) < 4.78 is 0. The zero-order valence-corrected chi connectivity index (χ0v) is 13.7. The number of hydrogen-bond acceptors (Lipinski definition) is 3. The zero-order valence-electron chi connectivity index (χ0n) is 13.7. The Morgan fingerprint density at radius 1 is 1.08 bits per heavy atom. The summed E-state index contributed by atoms with van der Waals surface area (Å²) in [7, 11) is 0. The second kappa shape index (κ2) is 9.05. The SMILES string of the molecule is O=C(O)CCCC(=O)Nc1cccc(C(=O)NC2CCCCC2)c1. The van der Waals surface area contributed by atoms with E-state index >= 15 is 0 Å². The molecule has 0 aromatic heterocycles. The van der Waals surface area contributed by atoms with Gasteiger partial charge in [0.1, 0.15) is 0 Å². The lowest BCUT2D eigenvalue weighted by atomic mass is 9.95. The zero-order chi connectivity index (χ0) is 17.4. The summed E-state index contributed by atoms with van der Waals surface area (Å²) in [6.45, 7) is 0. The van der Waals surface area contributed by atoms with Crippen molar-refractivity contribution in [1.29, 1.82) is 0 Å². The molecule has 0 radical (unpaired) electrons. The molecule has 2 amide bonds. The summed E-state index contributed by atoms with van der Waals surface area (Å²) in [5.74, 6) is -1.28. The first kappa shape index (κ1) is 18.0. The fourth-order valence-corrected chi connectivity index (χ4v) is 2.88. The van der Waals surface area contributed by atoms with Gasteiger partial charge >= 0.3 is 5.97 Å². The number of anilines is 1. The number of rotatable bonds is 7. The van der Waals surface area contributed by atoms with Gasteiger partial charge in [0, 0.05) is 30.1 Å². The highest BCUT2D eigenvalue weighted by molar-refractivity contribution is 5.97. The van der Waals surface area contributed by atoms with Crippen molar-refractivity contribution in [3.05, 3.63) is 29.8 Å². The minimum Gasteiger partial charge on any atom is -0.481 e. The Hall–Kier alpha value is -2.37. The molecule has 1 saturated carbocycles. The van der Waals surface area contributed by atoms with Crippen molar-refractivity contribution in [1.82, 2.24) is 5.32 Å². The third-order valence-corrected chi connectivity index (χ3v) is 4.14. The average Bonchev–Trinajstić information content (AvgIpc) is 2.55. The Kier molecular flexibility index (Phi) is 6.78. The van der Waals surface area contributed by atoms with E-state index < -0.39 is 5.97 Å². The van der Waals surface area contributed by atoms with Crippen LogP contribution in [0, 0.1) is 0 Å². The number of benzene rings is 1. The van der Waals surface area contributed by atoms with Crippen LogP contribution in [0.15, 0.2) is 24.3 Å². The normalized spacial score (nSPS) is 14.8. The van der Waals surface area contributed by atoms with E-state index in [2.05, 4.69) is 10.6 Å². The number of aliphatic carboxylic acids is 1. The highest BCUT2D eigenvalue weighted by atomic mass is 16.4. The number of carbonyl (C=O) groups excluding carboxylic acids is 2. The predicted molar refractivity (Wildman–Crippen MR) is 90.9 cm³/mol. The Morgan fingerprint density at radius 3 is 2.54 bits per heavy atom. The van der Waals surface area contributed by atoms with Gasteiger partial charge in [0.2, 0.25) is 5.91 Å². The number of nitrogens with one attached hydrogen (secondary N) is 2. The molecule has 24 heavy (non-hydrogen) atoms. The van der Waals surface area contributed by atoms with Crippen molar-refractivity contribution < 1.29 is 19.5 Å². The third kappa shape index (κ3) is 6.02. The van der Waals surface area contributed by atoms with Crippen molar-refractivity contribution in [3.8, 4) is 0 Å². The maximum atomic E-state index is 12.3. The molecule has 6 nitrogen and oxygen atoms in total. The lowest BCUT2D eigenvalue weighted by Crippen LogP contribution is -2.36. The monoisotopic (exact) mass is 332 g/mol. The van der Waals surface area contributed by atoms with Crippen LogP contribution in [0.3, 0.4) is 0 Å². The van der Waals surface area contributed by atoms with E-state index in [-0.39, 0.29) is 30.7 Å². The van der Waals surface area contributed by atoms with E-state index in [4.69, 9.17) is 5.11 Å². The van der Waals surface area contributed by atoms with Crippen LogP contribution >= 0.6 is 0 Å². The van der Waals surface area contributed by atoms with Gasteiger partial charge in [-0.1, -0.05) is 25.3 Å². The molecule has 1 fully saturated rings. The molecule has 2 rings (SSSR count). The molecule has 0 bridgehead atoms. The second-order valence-electron chi connectivity index (χ2n) is 6.18. The van der Waals surface area contributed by atoms with Gasteiger partial charge in [-0.3, -0.25) is 14.4 Å². The quantitative estimate of drug-likeness (QED) is 0.715. The molecule has 6 heteroatoms. The van der Waals surface area contributed by atoms with Crippen molar-refractivity contribution in [2.75, 3.05) is 5.32 Å². The molecular formula is C18H24N2O4. The van der Waals surface area contributed by atoms with Gasteiger partial charge in [-0.05, 0) is 37.5 Å². The summed E-state index contributed by atoms with van der Waals surface area (Å²) in [5, 5.41) is 14.3. The van der Waals surface area contributed by atoms with Crippen LogP contribution < -0.4 is 10.6 Å². The number of carboxylic acid groups (broad SMARTS) is 1. The minimum atomic E-state index is -0.913. The molecule has 1 aromatic carbocycles. The summed E-state index contributed by atoms with van der Waals surface area (Å²) in [6.07, 6.45) is 5.98. The standard InChI is InChI=1S/C18H24N2O4/c21-16(10-5-11-17(22)23)19-15-9-4-6-13(12-15)18(24)20-14-7-2-1-3-8-14/h4,6,9,12,14H,1-3,5,7-8,10-11H2,(H,19,21)(H,20,24)(H,22,23). The summed E-state index contributed by atoms with van der Waals surface area (Å²) >= 11 is 0. The molecule has 0 spiro atoms. The largest absolute Gasteiger partial charge is 0.481 e. The number of carboxylic acids is 1. The molecular weight excluding hydrogens is 308 g/mol. The Bertz CT molecular complexity index is 594. The van der Waals surface area contributed by atoms with Gasteiger partial charge in [0.05, 0.1) is 0 Å². The molecule has 1 aromatic rings. The van der Waals surface area contributed by atoms with Crippen molar-refractivity contribution >= 4 is 23.5 Å². The van der Waals surface area contributed by atoms with Crippen LogP contribution in [-0.2, 0) is 9.59 Å². The first-order valence-corrected chi connectivity index (χ1v) is 8.47. The van der Waals surface area contributed by atoms with Gasteiger partial charge < -0.3 is 15.7 Å². The molecule has 0 atom stereocenters. The number of carbonyl (C=O) groups is 3. The minimum absolute atomic E-state index is 0.0305. The molecule has 0 saturated heterocycles. The highest BCUT2D eigenvalue weighted by Gasteiger charge is 2.17. The maximum Gasteiger partial charge on any atom is 0.303 e.